The Morgan fingerprint density at radius 3 is 2.91 bits per heavy atom. The molecule has 2 aliphatic heterocycles. The lowest BCUT2D eigenvalue weighted by molar-refractivity contribution is -0.135. The van der Waals surface area contributed by atoms with Crippen molar-refractivity contribution in [2.45, 2.75) is 51.7 Å². The molecule has 0 bridgehead atoms. The standard InChI is InChI=1S/C26H35N3O4S/c1-3-12-27-26(31)28(16-20-8-6-14-32-20)17-25(30)29-13-10-24-21(11-15-34-24)22(29)18-33-23-9-5-4-7-19(23)2/h4-5,7,9,11,15,20,22H,3,6,8,10,12-14,16-18H2,1-2H3,(H,27,31)/t20-,22-/m1/s1. The number of thiophene rings is 1. The number of amides is 3. The second-order valence-corrected chi connectivity index (χ2v) is 9.98. The normalized spacial score (nSPS) is 19.5. The maximum Gasteiger partial charge on any atom is 0.317 e. The van der Waals surface area contributed by atoms with Gasteiger partial charge in [-0.15, -0.1) is 11.3 Å². The summed E-state index contributed by atoms with van der Waals surface area (Å²) in [5.41, 5.74) is 2.22. The third-order valence-electron chi connectivity index (χ3n) is 6.49. The van der Waals surface area contributed by atoms with E-state index in [0.29, 0.717) is 32.8 Å². The Balaban J connectivity index is 1.48. The smallest absolute Gasteiger partial charge is 0.317 e. The number of hydrogen-bond acceptors (Lipinski definition) is 5. The first-order valence-electron chi connectivity index (χ1n) is 12.2. The Morgan fingerprint density at radius 2 is 2.15 bits per heavy atom. The van der Waals surface area contributed by atoms with E-state index in [1.54, 1.807) is 16.2 Å². The zero-order chi connectivity index (χ0) is 23.9. The molecule has 3 heterocycles. The number of fused-ring (bicyclic) bond motifs is 1. The van der Waals surface area contributed by atoms with Crippen molar-refractivity contribution in [3.05, 3.63) is 51.7 Å². The van der Waals surface area contributed by atoms with Gasteiger partial charge < -0.3 is 24.6 Å². The predicted octanol–water partition coefficient (Wildman–Crippen LogP) is 4.16. The first kappa shape index (κ1) is 24.5. The summed E-state index contributed by atoms with van der Waals surface area (Å²) in [7, 11) is 0. The number of carbonyl (C=O) groups excluding carboxylic acids is 2. The van der Waals surface area contributed by atoms with Gasteiger partial charge >= 0.3 is 6.03 Å². The summed E-state index contributed by atoms with van der Waals surface area (Å²) in [5.74, 6) is 0.774. The first-order valence-corrected chi connectivity index (χ1v) is 13.1. The maximum atomic E-state index is 13.6. The van der Waals surface area contributed by atoms with Crippen LogP contribution in [0.4, 0.5) is 4.79 Å². The van der Waals surface area contributed by atoms with Gasteiger partial charge in [-0.2, -0.15) is 0 Å². The van der Waals surface area contributed by atoms with Gasteiger partial charge in [0.05, 0.1) is 12.1 Å². The van der Waals surface area contributed by atoms with Crippen LogP contribution in [0, 0.1) is 6.92 Å². The van der Waals surface area contributed by atoms with Crippen LogP contribution in [0.2, 0.25) is 0 Å². The van der Waals surface area contributed by atoms with Gasteiger partial charge in [0.25, 0.3) is 0 Å². The van der Waals surface area contributed by atoms with E-state index < -0.39 is 0 Å². The number of carbonyl (C=O) groups is 2. The third-order valence-corrected chi connectivity index (χ3v) is 7.49. The van der Waals surface area contributed by atoms with Crippen LogP contribution in [0.5, 0.6) is 5.75 Å². The fraction of sp³-hybridized carbons (Fsp3) is 0.538. The topological polar surface area (TPSA) is 71.1 Å². The van der Waals surface area contributed by atoms with Gasteiger partial charge in [-0.05, 0) is 61.2 Å². The van der Waals surface area contributed by atoms with Gasteiger partial charge in [-0.25, -0.2) is 4.79 Å². The van der Waals surface area contributed by atoms with Crippen molar-refractivity contribution >= 4 is 23.3 Å². The van der Waals surface area contributed by atoms with Crippen LogP contribution < -0.4 is 10.1 Å². The molecule has 4 rings (SSSR count). The molecule has 1 aromatic heterocycles. The summed E-state index contributed by atoms with van der Waals surface area (Å²) in [4.78, 5) is 31.3. The SMILES string of the molecule is CCCNC(=O)N(CC(=O)N1CCc2sccc2[C@H]1COc1ccccc1C)C[C@H]1CCCO1. The monoisotopic (exact) mass is 485 g/mol. The molecule has 0 spiro atoms. The molecule has 1 saturated heterocycles. The lowest BCUT2D eigenvalue weighted by atomic mass is 10.0. The van der Waals surface area contributed by atoms with E-state index in [4.69, 9.17) is 9.47 Å². The fourth-order valence-electron chi connectivity index (χ4n) is 4.61. The number of rotatable bonds is 9. The number of nitrogens with zero attached hydrogens (tertiary/aromatic N) is 2. The van der Waals surface area contributed by atoms with E-state index in [2.05, 4.69) is 16.8 Å². The number of ether oxygens (including phenoxy) is 2. The van der Waals surface area contributed by atoms with Crippen LogP contribution in [-0.4, -0.2) is 67.2 Å². The van der Waals surface area contributed by atoms with Crippen LogP contribution in [0.3, 0.4) is 0 Å². The average molecular weight is 486 g/mol. The molecule has 1 N–H and O–H groups in total. The van der Waals surface area contributed by atoms with Crippen molar-refractivity contribution in [2.75, 3.05) is 39.4 Å². The van der Waals surface area contributed by atoms with Crippen molar-refractivity contribution in [1.29, 1.82) is 0 Å². The van der Waals surface area contributed by atoms with E-state index in [0.717, 1.165) is 42.6 Å². The molecule has 0 radical (unpaired) electrons. The zero-order valence-corrected chi connectivity index (χ0v) is 20.9. The first-order chi connectivity index (χ1) is 16.6. The molecule has 0 unspecified atom stereocenters. The van der Waals surface area contributed by atoms with Gasteiger partial charge in [0.15, 0.2) is 0 Å². The maximum absolute atomic E-state index is 13.6. The second-order valence-electron chi connectivity index (χ2n) is 8.98. The number of aryl methyl sites for hydroxylation is 1. The number of para-hydroxylation sites is 1. The van der Waals surface area contributed by atoms with Gasteiger partial charge in [0.2, 0.25) is 5.91 Å². The minimum absolute atomic E-state index is 0.00908. The highest BCUT2D eigenvalue weighted by atomic mass is 32.1. The molecule has 2 aliphatic rings. The van der Waals surface area contributed by atoms with Crippen molar-refractivity contribution in [1.82, 2.24) is 15.1 Å². The average Bonchev–Trinajstić information content (AvgIpc) is 3.53. The van der Waals surface area contributed by atoms with Crippen molar-refractivity contribution in [3.63, 3.8) is 0 Å². The third kappa shape index (κ3) is 5.91. The van der Waals surface area contributed by atoms with E-state index >= 15 is 0 Å². The quantitative estimate of drug-likeness (QED) is 0.579. The number of benzene rings is 1. The minimum Gasteiger partial charge on any atom is -0.491 e. The van der Waals surface area contributed by atoms with Crippen molar-refractivity contribution in [2.24, 2.45) is 0 Å². The summed E-state index contributed by atoms with van der Waals surface area (Å²) in [6, 6.07) is 9.65. The van der Waals surface area contributed by atoms with Crippen molar-refractivity contribution in [3.8, 4) is 5.75 Å². The van der Waals surface area contributed by atoms with E-state index in [1.165, 1.54) is 4.88 Å². The summed E-state index contributed by atoms with van der Waals surface area (Å²) in [6.07, 6.45) is 3.58. The molecule has 3 amide bonds. The highest BCUT2D eigenvalue weighted by Crippen LogP contribution is 2.34. The summed E-state index contributed by atoms with van der Waals surface area (Å²) in [5, 5.41) is 5.01. The Labute approximate surface area is 206 Å². The number of hydrogen-bond donors (Lipinski definition) is 1. The number of nitrogens with one attached hydrogen (secondary N) is 1. The van der Waals surface area contributed by atoms with Gasteiger partial charge in [0, 0.05) is 31.1 Å². The minimum atomic E-state index is -0.202. The Bertz CT molecular complexity index is 972. The highest BCUT2D eigenvalue weighted by Gasteiger charge is 2.34. The summed E-state index contributed by atoms with van der Waals surface area (Å²) < 4.78 is 11.9. The van der Waals surface area contributed by atoms with Gasteiger partial charge in [-0.3, -0.25) is 4.79 Å². The summed E-state index contributed by atoms with van der Waals surface area (Å²) in [6.45, 7) is 6.82. The summed E-state index contributed by atoms with van der Waals surface area (Å²) >= 11 is 1.73. The highest BCUT2D eigenvalue weighted by molar-refractivity contribution is 7.10. The largest absolute Gasteiger partial charge is 0.491 e. The van der Waals surface area contributed by atoms with Gasteiger partial charge in [0.1, 0.15) is 18.9 Å². The molecule has 7 nitrogen and oxygen atoms in total. The van der Waals surface area contributed by atoms with Crippen LogP contribution in [0.15, 0.2) is 35.7 Å². The molecule has 1 fully saturated rings. The van der Waals surface area contributed by atoms with Gasteiger partial charge in [-0.1, -0.05) is 25.1 Å². The molecule has 1 aromatic carbocycles. The van der Waals surface area contributed by atoms with Crippen LogP contribution in [-0.2, 0) is 16.0 Å². The molecule has 2 atom stereocenters. The lowest BCUT2D eigenvalue weighted by Crippen LogP contribution is -2.51. The Hall–Kier alpha value is -2.58. The van der Waals surface area contributed by atoms with E-state index in [1.807, 2.05) is 43.0 Å². The molecule has 0 aliphatic carbocycles. The molecule has 0 saturated carbocycles. The number of urea groups is 1. The van der Waals surface area contributed by atoms with Crippen LogP contribution >= 0.6 is 11.3 Å². The Kier molecular flexibility index (Phi) is 8.45. The van der Waals surface area contributed by atoms with E-state index in [9.17, 15) is 9.59 Å². The predicted molar refractivity (Wildman–Crippen MR) is 133 cm³/mol. The molecule has 8 heteroatoms. The Morgan fingerprint density at radius 1 is 1.29 bits per heavy atom. The zero-order valence-electron chi connectivity index (χ0n) is 20.1. The molecule has 2 aromatic rings. The molecule has 34 heavy (non-hydrogen) atoms. The van der Waals surface area contributed by atoms with Crippen molar-refractivity contribution < 1.29 is 19.1 Å². The molecular formula is C26H35N3O4S. The van der Waals surface area contributed by atoms with Crippen LogP contribution in [0.1, 0.15) is 48.2 Å². The lowest BCUT2D eigenvalue weighted by Gasteiger charge is -2.37. The van der Waals surface area contributed by atoms with E-state index in [-0.39, 0.29) is 30.6 Å². The molecular weight excluding hydrogens is 450 g/mol. The second kappa shape index (κ2) is 11.7. The van der Waals surface area contributed by atoms with Crippen LogP contribution in [0.25, 0.3) is 0 Å². The fourth-order valence-corrected chi connectivity index (χ4v) is 5.54. The molecule has 184 valence electrons.